The van der Waals surface area contributed by atoms with Crippen LogP contribution in [0.25, 0.3) is 11.3 Å². The maximum Gasteiger partial charge on any atom is 0.260 e. The van der Waals surface area contributed by atoms with Crippen LogP contribution in [0.15, 0.2) is 53.9 Å². The van der Waals surface area contributed by atoms with Crippen LogP contribution in [0, 0.1) is 5.82 Å². The monoisotopic (exact) mass is 412 g/mol. The molecule has 1 saturated heterocycles. The van der Waals surface area contributed by atoms with Crippen molar-refractivity contribution >= 4 is 22.4 Å². The molecule has 150 valence electrons. The summed E-state index contributed by atoms with van der Waals surface area (Å²) in [6.45, 7) is 1.13. The third-order valence-corrected chi connectivity index (χ3v) is 5.72. The topological polar surface area (TPSA) is 51.7 Å². The number of benzene rings is 2. The van der Waals surface area contributed by atoms with Gasteiger partial charge in [-0.2, -0.15) is 0 Å². The number of rotatable bonds is 6. The molecule has 7 heteroatoms. The van der Waals surface area contributed by atoms with Gasteiger partial charge >= 0.3 is 0 Å². The van der Waals surface area contributed by atoms with Crippen molar-refractivity contribution in [1.29, 1.82) is 0 Å². The lowest BCUT2D eigenvalue weighted by Crippen LogP contribution is -2.37. The molecule has 1 atom stereocenters. The minimum atomic E-state index is -0.372. The Kier molecular flexibility index (Phi) is 5.87. The van der Waals surface area contributed by atoms with E-state index in [0.29, 0.717) is 23.8 Å². The first-order valence-corrected chi connectivity index (χ1v) is 10.3. The van der Waals surface area contributed by atoms with Crippen LogP contribution in [-0.2, 0) is 4.74 Å². The molecule has 0 unspecified atom stereocenters. The Morgan fingerprint density at radius 3 is 2.66 bits per heavy atom. The number of nitrogens with zero attached hydrogens (tertiary/aromatic N) is 2. The van der Waals surface area contributed by atoms with Crippen molar-refractivity contribution in [3.05, 3.63) is 65.3 Å². The van der Waals surface area contributed by atoms with Crippen LogP contribution in [0.5, 0.6) is 5.75 Å². The standard InChI is InChI=1S/C22H21FN2O3S/c1-27-18-10-6-15(7-11-18)20-14-29-22(24-20)25(13-19-3-2-12-28-19)21(26)16-4-8-17(23)9-5-16/h4-11,14,19H,2-3,12-13H2,1H3/t19-/m0/s1. The second kappa shape index (κ2) is 8.71. The van der Waals surface area contributed by atoms with E-state index in [1.165, 1.54) is 35.6 Å². The Morgan fingerprint density at radius 2 is 2.00 bits per heavy atom. The van der Waals surface area contributed by atoms with E-state index in [4.69, 9.17) is 14.5 Å². The van der Waals surface area contributed by atoms with Crippen LogP contribution >= 0.6 is 11.3 Å². The van der Waals surface area contributed by atoms with Crippen LogP contribution in [0.1, 0.15) is 23.2 Å². The summed E-state index contributed by atoms with van der Waals surface area (Å²) in [5, 5.41) is 2.53. The average molecular weight is 412 g/mol. The Labute approximate surface area is 172 Å². The summed E-state index contributed by atoms with van der Waals surface area (Å²) in [5.74, 6) is 0.190. The quantitative estimate of drug-likeness (QED) is 0.585. The number of aromatic nitrogens is 1. The van der Waals surface area contributed by atoms with E-state index in [-0.39, 0.29) is 17.8 Å². The number of carbonyl (C=O) groups is 1. The molecule has 1 aliphatic rings. The van der Waals surface area contributed by atoms with Gasteiger partial charge in [0, 0.05) is 23.1 Å². The highest BCUT2D eigenvalue weighted by atomic mass is 32.1. The lowest BCUT2D eigenvalue weighted by Gasteiger charge is -2.23. The van der Waals surface area contributed by atoms with Gasteiger partial charge in [0.25, 0.3) is 5.91 Å². The largest absolute Gasteiger partial charge is 0.497 e. The van der Waals surface area contributed by atoms with Crippen molar-refractivity contribution in [2.24, 2.45) is 0 Å². The molecule has 2 heterocycles. The smallest absolute Gasteiger partial charge is 0.260 e. The highest BCUT2D eigenvalue weighted by Crippen LogP contribution is 2.30. The van der Waals surface area contributed by atoms with Crippen LogP contribution in [-0.4, -0.2) is 37.3 Å². The predicted octanol–water partition coefficient (Wildman–Crippen LogP) is 4.78. The van der Waals surface area contributed by atoms with E-state index < -0.39 is 0 Å². The van der Waals surface area contributed by atoms with Gasteiger partial charge in [-0.3, -0.25) is 9.69 Å². The number of halogens is 1. The highest BCUT2D eigenvalue weighted by molar-refractivity contribution is 7.14. The van der Waals surface area contributed by atoms with E-state index in [1.54, 1.807) is 12.0 Å². The van der Waals surface area contributed by atoms with Gasteiger partial charge in [0.2, 0.25) is 0 Å². The van der Waals surface area contributed by atoms with E-state index >= 15 is 0 Å². The first-order chi connectivity index (χ1) is 14.1. The minimum absolute atomic E-state index is 0.0206. The van der Waals surface area contributed by atoms with E-state index in [9.17, 15) is 9.18 Å². The molecule has 0 aliphatic carbocycles. The Bertz CT molecular complexity index is 966. The molecule has 1 aromatic heterocycles. The minimum Gasteiger partial charge on any atom is -0.497 e. The van der Waals surface area contributed by atoms with Crippen molar-refractivity contribution in [2.75, 3.05) is 25.2 Å². The summed E-state index contributed by atoms with van der Waals surface area (Å²) in [7, 11) is 1.62. The van der Waals surface area contributed by atoms with Crippen LogP contribution in [0.4, 0.5) is 9.52 Å². The summed E-state index contributed by atoms with van der Waals surface area (Å²) >= 11 is 1.41. The number of carbonyl (C=O) groups excluding carboxylic acids is 1. The summed E-state index contributed by atoms with van der Waals surface area (Å²) in [4.78, 5) is 19.5. The molecule has 0 N–H and O–H groups in total. The molecule has 29 heavy (non-hydrogen) atoms. The van der Waals surface area contributed by atoms with Crippen molar-refractivity contribution in [1.82, 2.24) is 4.98 Å². The molecule has 5 nitrogen and oxygen atoms in total. The second-order valence-corrected chi connectivity index (χ2v) is 7.64. The molecule has 1 fully saturated rings. The van der Waals surface area contributed by atoms with Gasteiger partial charge in [-0.05, 0) is 61.4 Å². The van der Waals surface area contributed by atoms with Crippen molar-refractivity contribution in [2.45, 2.75) is 18.9 Å². The first-order valence-electron chi connectivity index (χ1n) is 9.43. The maximum absolute atomic E-state index is 13.3. The van der Waals surface area contributed by atoms with Gasteiger partial charge in [0.05, 0.1) is 25.5 Å². The van der Waals surface area contributed by atoms with E-state index in [2.05, 4.69) is 0 Å². The van der Waals surface area contributed by atoms with E-state index in [0.717, 1.165) is 29.8 Å². The Balaban J connectivity index is 1.62. The molecule has 0 saturated carbocycles. The fourth-order valence-electron chi connectivity index (χ4n) is 3.27. The molecule has 0 spiro atoms. The normalized spacial score (nSPS) is 16.0. The highest BCUT2D eigenvalue weighted by Gasteiger charge is 2.27. The number of anilines is 1. The lowest BCUT2D eigenvalue weighted by atomic mass is 10.1. The lowest BCUT2D eigenvalue weighted by molar-refractivity contribution is 0.0917. The first kappa shape index (κ1) is 19.5. The number of methoxy groups -OCH3 is 1. The number of thiazole rings is 1. The molecule has 0 bridgehead atoms. The average Bonchev–Trinajstić information content (AvgIpc) is 3.44. The molecule has 0 radical (unpaired) electrons. The second-order valence-electron chi connectivity index (χ2n) is 6.80. The summed E-state index contributed by atoms with van der Waals surface area (Å²) < 4.78 is 24.2. The third kappa shape index (κ3) is 4.46. The van der Waals surface area contributed by atoms with Crippen molar-refractivity contribution in [3.63, 3.8) is 0 Å². The number of amides is 1. The fourth-order valence-corrected chi connectivity index (χ4v) is 4.11. The zero-order valence-electron chi connectivity index (χ0n) is 16.0. The summed E-state index contributed by atoms with van der Waals surface area (Å²) in [5.41, 5.74) is 2.15. The third-order valence-electron chi connectivity index (χ3n) is 4.86. The SMILES string of the molecule is COc1ccc(-c2csc(N(C[C@@H]3CCCO3)C(=O)c3ccc(F)cc3)n2)cc1. The van der Waals surface area contributed by atoms with Gasteiger partial charge in [-0.15, -0.1) is 11.3 Å². The van der Waals surface area contributed by atoms with Gasteiger partial charge in [0.1, 0.15) is 11.6 Å². The zero-order valence-corrected chi connectivity index (χ0v) is 16.8. The van der Waals surface area contributed by atoms with Crippen LogP contribution < -0.4 is 9.64 Å². The maximum atomic E-state index is 13.3. The number of hydrogen-bond donors (Lipinski definition) is 0. The zero-order chi connectivity index (χ0) is 20.2. The van der Waals surface area contributed by atoms with Crippen LogP contribution in [0.2, 0.25) is 0 Å². The molecule has 4 rings (SSSR count). The van der Waals surface area contributed by atoms with Gasteiger partial charge in [-0.25, -0.2) is 9.37 Å². The molecular formula is C22H21FN2O3S. The Morgan fingerprint density at radius 1 is 1.24 bits per heavy atom. The Hall–Kier alpha value is -2.77. The molecule has 1 amide bonds. The van der Waals surface area contributed by atoms with E-state index in [1.807, 2.05) is 29.6 Å². The summed E-state index contributed by atoms with van der Waals surface area (Å²) in [6.07, 6.45) is 1.87. The molecule has 2 aromatic carbocycles. The number of ether oxygens (including phenoxy) is 2. The van der Waals surface area contributed by atoms with Crippen molar-refractivity contribution in [3.8, 4) is 17.0 Å². The molecule has 3 aromatic rings. The molecular weight excluding hydrogens is 391 g/mol. The summed E-state index contributed by atoms with van der Waals surface area (Å²) in [6, 6.07) is 13.2. The number of hydrogen-bond acceptors (Lipinski definition) is 5. The predicted molar refractivity (Wildman–Crippen MR) is 111 cm³/mol. The van der Waals surface area contributed by atoms with Gasteiger partial charge < -0.3 is 9.47 Å². The van der Waals surface area contributed by atoms with Crippen LogP contribution in [0.3, 0.4) is 0 Å². The van der Waals surface area contributed by atoms with Gasteiger partial charge in [-0.1, -0.05) is 0 Å². The fraction of sp³-hybridized carbons (Fsp3) is 0.273. The van der Waals surface area contributed by atoms with Crippen molar-refractivity contribution < 1.29 is 18.7 Å². The van der Waals surface area contributed by atoms with Gasteiger partial charge in [0.15, 0.2) is 5.13 Å². The molecule has 1 aliphatic heterocycles.